The lowest BCUT2D eigenvalue weighted by molar-refractivity contribution is 0.144. The van der Waals surface area contributed by atoms with E-state index in [0.717, 1.165) is 5.56 Å². The van der Waals surface area contributed by atoms with Gasteiger partial charge in [0, 0.05) is 34.4 Å². The van der Waals surface area contributed by atoms with Crippen LogP contribution in [0, 0.1) is 11.2 Å². The lowest BCUT2D eigenvalue weighted by Gasteiger charge is -2.06. The standard InChI is InChI=1S/C20H16FN4O4S/c1-27-6-7-28-17-10-16-13(8-14(17)21)19(24-23-16)18-9-15(25-29-18)11-2-4-12(5-3-11)20(22)30-26/h2-5,8-10,22H,6-7H2,1H3,(H,23,24)/q+1. The summed E-state index contributed by atoms with van der Waals surface area (Å²) in [6.45, 7) is 0.585. The highest BCUT2D eigenvalue weighted by Crippen LogP contribution is 2.33. The van der Waals surface area contributed by atoms with Crippen molar-refractivity contribution in [2.24, 2.45) is 0 Å². The maximum atomic E-state index is 14.4. The first kappa shape index (κ1) is 19.8. The average Bonchev–Trinajstić information content (AvgIpc) is 3.40. The van der Waals surface area contributed by atoms with Crippen LogP contribution in [0.25, 0.3) is 33.6 Å². The van der Waals surface area contributed by atoms with Crippen molar-refractivity contribution >= 4 is 27.6 Å². The van der Waals surface area contributed by atoms with Crippen LogP contribution in [0.4, 0.5) is 4.39 Å². The Hall–Kier alpha value is -3.50. The fraction of sp³-hybridized carbons (Fsp3) is 0.150. The van der Waals surface area contributed by atoms with E-state index >= 15 is 0 Å². The number of nitrogens with one attached hydrogen (secondary N) is 2. The van der Waals surface area contributed by atoms with Gasteiger partial charge >= 0.3 is 16.7 Å². The van der Waals surface area contributed by atoms with Crippen molar-refractivity contribution in [3.05, 3.63) is 53.8 Å². The molecule has 10 heteroatoms. The van der Waals surface area contributed by atoms with Gasteiger partial charge in [-0.3, -0.25) is 5.10 Å². The highest BCUT2D eigenvalue weighted by molar-refractivity contribution is 7.84. The van der Waals surface area contributed by atoms with Crippen LogP contribution >= 0.6 is 0 Å². The zero-order valence-corrected chi connectivity index (χ0v) is 16.6. The van der Waals surface area contributed by atoms with Crippen LogP contribution in [0.2, 0.25) is 0 Å². The van der Waals surface area contributed by atoms with E-state index in [2.05, 4.69) is 15.4 Å². The van der Waals surface area contributed by atoms with Gasteiger partial charge in [-0.15, -0.1) is 0 Å². The minimum Gasteiger partial charge on any atom is -0.488 e. The van der Waals surface area contributed by atoms with E-state index < -0.39 is 5.82 Å². The van der Waals surface area contributed by atoms with Crippen molar-refractivity contribution in [2.45, 2.75) is 0 Å². The number of nitrogens with zero attached hydrogens (tertiary/aromatic N) is 2. The van der Waals surface area contributed by atoms with Crippen molar-refractivity contribution in [3.8, 4) is 28.5 Å². The Bertz CT molecular complexity index is 1220. The molecule has 8 nitrogen and oxygen atoms in total. The quantitative estimate of drug-likeness (QED) is 0.201. The van der Waals surface area contributed by atoms with Crippen LogP contribution in [0.1, 0.15) is 5.56 Å². The molecule has 4 aromatic rings. The zero-order chi connectivity index (χ0) is 21.1. The summed E-state index contributed by atoms with van der Waals surface area (Å²) in [6, 6.07) is 11.4. The molecule has 0 aliphatic heterocycles. The Balaban J connectivity index is 1.62. The number of rotatable bonds is 7. The van der Waals surface area contributed by atoms with Crippen LogP contribution in [0.3, 0.4) is 0 Å². The molecule has 0 aliphatic rings. The fourth-order valence-electron chi connectivity index (χ4n) is 2.91. The predicted octanol–water partition coefficient (Wildman–Crippen LogP) is 3.80. The van der Waals surface area contributed by atoms with Gasteiger partial charge in [-0.25, -0.2) is 9.80 Å². The van der Waals surface area contributed by atoms with E-state index in [4.69, 9.17) is 19.4 Å². The van der Waals surface area contributed by atoms with Gasteiger partial charge in [0.25, 0.3) is 0 Å². The third kappa shape index (κ3) is 3.82. The smallest absolute Gasteiger partial charge is 0.488 e. The lowest BCUT2D eigenvalue weighted by atomic mass is 10.1. The molecule has 0 aliphatic carbocycles. The molecule has 2 aromatic carbocycles. The van der Waals surface area contributed by atoms with Crippen LogP contribution in [0.5, 0.6) is 5.75 Å². The summed E-state index contributed by atoms with van der Waals surface area (Å²) >= 11 is 0.132. The first-order chi connectivity index (χ1) is 14.6. The molecule has 4 rings (SSSR count). The number of halogens is 1. The highest BCUT2D eigenvalue weighted by atomic mass is 32.1. The zero-order valence-electron chi connectivity index (χ0n) is 15.8. The van der Waals surface area contributed by atoms with Crippen molar-refractivity contribution < 1.29 is 22.6 Å². The molecule has 30 heavy (non-hydrogen) atoms. The van der Waals surface area contributed by atoms with E-state index in [1.54, 1.807) is 37.4 Å². The van der Waals surface area contributed by atoms with Crippen molar-refractivity contribution in [3.63, 3.8) is 0 Å². The molecule has 0 atom stereocenters. The summed E-state index contributed by atoms with van der Waals surface area (Å²) in [5.41, 5.74) is 2.84. The van der Waals surface area contributed by atoms with Crippen LogP contribution in [0.15, 0.2) is 47.0 Å². The number of hydrogen-bond donors (Lipinski definition) is 2. The molecule has 0 amide bonds. The first-order valence-electron chi connectivity index (χ1n) is 8.86. The first-order valence-corrected chi connectivity index (χ1v) is 9.60. The number of ether oxygens (including phenoxy) is 2. The minimum absolute atomic E-state index is 0.0574. The molecule has 0 bridgehead atoms. The SMILES string of the molecule is COCCOc1cc2[nH]nc(-c3cc(-c4ccc(C(=N)[S+]=O)cc4)no3)c2cc1F. The Morgan fingerprint density at radius 2 is 2.03 bits per heavy atom. The Labute approximate surface area is 174 Å². The fourth-order valence-corrected chi connectivity index (χ4v) is 3.15. The van der Waals surface area contributed by atoms with Crippen molar-refractivity contribution in [1.82, 2.24) is 15.4 Å². The molecule has 0 saturated heterocycles. The molecule has 0 fully saturated rings. The molecule has 152 valence electrons. The normalized spacial score (nSPS) is 11.0. The Kier molecular flexibility index (Phi) is 5.59. The molecule has 0 unspecified atom stereocenters. The summed E-state index contributed by atoms with van der Waals surface area (Å²) in [7, 11) is 1.54. The lowest BCUT2D eigenvalue weighted by Crippen LogP contribution is -2.05. The molecule has 2 heterocycles. The molecular formula is C20H16FN4O4S+. The van der Waals surface area contributed by atoms with Crippen LogP contribution in [-0.4, -0.2) is 40.7 Å². The summed E-state index contributed by atoms with van der Waals surface area (Å²) in [4.78, 5) is 0. The van der Waals surface area contributed by atoms with Gasteiger partial charge in [0.05, 0.1) is 17.7 Å². The number of aromatic nitrogens is 3. The number of methoxy groups -OCH3 is 1. The number of H-pyrrole nitrogens is 1. The van der Waals surface area contributed by atoms with Gasteiger partial charge in [0.1, 0.15) is 18.0 Å². The summed E-state index contributed by atoms with van der Waals surface area (Å²) in [5, 5.41) is 19.2. The molecule has 0 saturated carbocycles. The van der Waals surface area contributed by atoms with Gasteiger partial charge in [-0.1, -0.05) is 17.3 Å². The number of fused-ring (bicyclic) bond motifs is 1. The maximum absolute atomic E-state index is 14.4. The second-order valence-corrected chi connectivity index (χ2v) is 6.88. The van der Waals surface area contributed by atoms with E-state index in [0.29, 0.717) is 40.2 Å². The predicted molar refractivity (Wildman–Crippen MR) is 109 cm³/mol. The monoisotopic (exact) mass is 427 g/mol. The van der Waals surface area contributed by atoms with Gasteiger partial charge < -0.3 is 14.0 Å². The average molecular weight is 427 g/mol. The number of benzene rings is 2. The Morgan fingerprint density at radius 1 is 1.23 bits per heavy atom. The van der Waals surface area contributed by atoms with Gasteiger partial charge in [-0.05, 0) is 18.2 Å². The number of hydrogen-bond acceptors (Lipinski definition) is 7. The third-order valence-corrected chi connectivity index (χ3v) is 4.83. The second kappa shape index (κ2) is 8.47. The molecule has 2 aromatic heterocycles. The van der Waals surface area contributed by atoms with Crippen LogP contribution in [-0.2, 0) is 20.6 Å². The molecule has 0 radical (unpaired) electrons. The summed E-state index contributed by atoms with van der Waals surface area (Å²) in [5.74, 6) is -0.0409. The van der Waals surface area contributed by atoms with E-state index in [9.17, 15) is 8.60 Å². The summed E-state index contributed by atoms with van der Waals surface area (Å²) < 4.78 is 40.9. The largest absolute Gasteiger partial charge is 0.527 e. The van der Waals surface area contributed by atoms with Crippen molar-refractivity contribution in [2.75, 3.05) is 20.3 Å². The topological polar surface area (TPSA) is 114 Å². The van der Waals surface area contributed by atoms with Crippen molar-refractivity contribution in [1.29, 1.82) is 5.41 Å². The highest BCUT2D eigenvalue weighted by Gasteiger charge is 2.18. The van der Waals surface area contributed by atoms with E-state index in [1.165, 1.54) is 12.1 Å². The second-order valence-electron chi connectivity index (χ2n) is 6.31. The Morgan fingerprint density at radius 3 is 2.77 bits per heavy atom. The van der Waals surface area contributed by atoms with Gasteiger partial charge in [0.2, 0.25) is 0 Å². The van der Waals surface area contributed by atoms with E-state index in [1.807, 2.05) is 0 Å². The molecular weight excluding hydrogens is 411 g/mol. The molecule has 0 spiro atoms. The van der Waals surface area contributed by atoms with E-state index in [-0.39, 0.29) is 29.1 Å². The number of aromatic amines is 1. The van der Waals surface area contributed by atoms with Gasteiger partial charge in [0.15, 0.2) is 17.3 Å². The van der Waals surface area contributed by atoms with Crippen LogP contribution < -0.4 is 4.74 Å². The maximum Gasteiger partial charge on any atom is 0.527 e. The minimum atomic E-state index is -0.518. The third-order valence-electron chi connectivity index (χ3n) is 4.43. The summed E-state index contributed by atoms with van der Waals surface area (Å²) in [6.07, 6.45) is 0. The molecule has 2 N–H and O–H groups in total. The van der Waals surface area contributed by atoms with Gasteiger partial charge in [-0.2, -0.15) is 5.10 Å².